The van der Waals surface area contributed by atoms with Crippen LogP contribution in [0, 0.1) is 0 Å². The van der Waals surface area contributed by atoms with Crippen molar-refractivity contribution in [3.63, 3.8) is 0 Å². The Morgan fingerprint density at radius 3 is 1.70 bits per heavy atom. The Kier molecular flexibility index (Phi) is 5.82. The fraction of sp³-hybridized carbons (Fsp3) is 0.160. The van der Waals surface area contributed by atoms with Gasteiger partial charge in [0, 0.05) is 25.2 Å². The number of rotatable bonds is 7. The number of ether oxygens (including phenoxy) is 4. The topological polar surface area (TPSA) is 54.0 Å². The average Bonchev–Trinajstić information content (AvgIpc) is 2.77. The summed E-state index contributed by atoms with van der Waals surface area (Å²) in [6.45, 7) is 1.31. The zero-order chi connectivity index (χ0) is 20.9. The zero-order valence-corrected chi connectivity index (χ0v) is 16.9. The second-order valence-corrected chi connectivity index (χ2v) is 6.77. The molecule has 0 unspecified atom stereocenters. The maximum atomic E-state index is 11.2. The predicted octanol–water partition coefficient (Wildman–Crippen LogP) is 5.54. The van der Waals surface area contributed by atoms with E-state index in [2.05, 4.69) is 18.2 Å². The molecule has 0 N–H and O–H groups in total. The molecule has 0 aliphatic heterocycles. The van der Waals surface area contributed by atoms with Crippen LogP contribution < -0.4 is 9.47 Å². The molecular formula is C25H22O5. The van der Waals surface area contributed by atoms with E-state index < -0.39 is 5.97 Å². The molecule has 0 heterocycles. The highest BCUT2D eigenvalue weighted by atomic mass is 16.7. The molecule has 0 aliphatic rings. The highest BCUT2D eigenvalue weighted by Crippen LogP contribution is 2.45. The van der Waals surface area contributed by atoms with Gasteiger partial charge < -0.3 is 18.9 Å². The number of methoxy groups -OCH3 is 1. The highest BCUT2D eigenvalue weighted by Gasteiger charge is 2.19. The molecule has 4 aromatic rings. The SMILES string of the molecule is COCOc1ccc2ccccc2c1-c1c(OCOC(C)=O)ccc2ccccc12. The van der Waals surface area contributed by atoms with Crippen LogP contribution in [0.15, 0.2) is 72.8 Å². The van der Waals surface area contributed by atoms with Crippen molar-refractivity contribution in [3.05, 3.63) is 72.8 Å². The number of benzene rings is 4. The molecule has 5 nitrogen and oxygen atoms in total. The van der Waals surface area contributed by atoms with Crippen molar-refractivity contribution in [1.82, 2.24) is 0 Å². The fourth-order valence-electron chi connectivity index (χ4n) is 3.56. The number of carbonyl (C=O) groups is 1. The zero-order valence-electron chi connectivity index (χ0n) is 16.9. The normalized spacial score (nSPS) is 10.9. The second-order valence-electron chi connectivity index (χ2n) is 6.77. The van der Waals surface area contributed by atoms with E-state index in [-0.39, 0.29) is 13.6 Å². The molecule has 0 amide bonds. The molecule has 0 radical (unpaired) electrons. The standard InChI is InChI=1S/C25H22O5/c1-17(26)28-16-30-23-14-12-19-8-4-6-10-21(19)25(23)24-20-9-5-3-7-18(20)11-13-22(24)29-15-27-2/h3-14H,15-16H2,1-2H3. The minimum atomic E-state index is -0.397. The molecule has 0 spiro atoms. The lowest BCUT2D eigenvalue weighted by molar-refractivity contribution is -0.147. The van der Waals surface area contributed by atoms with Gasteiger partial charge in [-0.25, -0.2) is 0 Å². The number of carbonyl (C=O) groups excluding carboxylic acids is 1. The lowest BCUT2D eigenvalue weighted by Crippen LogP contribution is -2.08. The Hall–Kier alpha value is -3.57. The smallest absolute Gasteiger partial charge is 0.305 e. The van der Waals surface area contributed by atoms with Crippen LogP contribution in [0.25, 0.3) is 32.7 Å². The largest absolute Gasteiger partial charge is 0.467 e. The second kappa shape index (κ2) is 8.84. The molecule has 0 aromatic heterocycles. The van der Waals surface area contributed by atoms with Crippen LogP contribution in [-0.2, 0) is 14.3 Å². The van der Waals surface area contributed by atoms with E-state index >= 15 is 0 Å². The summed E-state index contributed by atoms with van der Waals surface area (Å²) in [4.78, 5) is 11.2. The molecule has 0 saturated heterocycles. The minimum absolute atomic E-state index is 0.125. The summed E-state index contributed by atoms with van der Waals surface area (Å²) in [5.41, 5.74) is 1.78. The van der Waals surface area contributed by atoms with Crippen LogP contribution in [0.2, 0.25) is 0 Å². The number of fused-ring (bicyclic) bond motifs is 2. The molecule has 5 heteroatoms. The van der Waals surface area contributed by atoms with Crippen molar-refractivity contribution in [3.8, 4) is 22.6 Å². The molecule has 0 saturated carbocycles. The number of esters is 1. The Labute approximate surface area is 174 Å². The van der Waals surface area contributed by atoms with Crippen molar-refractivity contribution < 1.29 is 23.7 Å². The lowest BCUT2D eigenvalue weighted by Gasteiger charge is -2.19. The van der Waals surface area contributed by atoms with Gasteiger partial charge in [-0.05, 0) is 33.7 Å². The van der Waals surface area contributed by atoms with Gasteiger partial charge >= 0.3 is 5.97 Å². The van der Waals surface area contributed by atoms with E-state index in [4.69, 9.17) is 18.9 Å². The van der Waals surface area contributed by atoms with Crippen LogP contribution in [0.4, 0.5) is 0 Å². The summed E-state index contributed by atoms with van der Waals surface area (Å²) in [6, 6.07) is 24.0. The van der Waals surface area contributed by atoms with Gasteiger partial charge in [0.15, 0.2) is 6.79 Å². The summed E-state index contributed by atoms with van der Waals surface area (Å²) in [7, 11) is 1.59. The van der Waals surface area contributed by atoms with E-state index in [1.165, 1.54) is 6.92 Å². The summed E-state index contributed by atoms with van der Waals surface area (Å²) >= 11 is 0. The van der Waals surface area contributed by atoms with E-state index in [0.29, 0.717) is 11.5 Å². The average molecular weight is 402 g/mol. The quantitative estimate of drug-likeness (QED) is 0.300. The maximum Gasteiger partial charge on any atom is 0.305 e. The van der Waals surface area contributed by atoms with Gasteiger partial charge in [-0.15, -0.1) is 0 Å². The van der Waals surface area contributed by atoms with Gasteiger partial charge in [-0.2, -0.15) is 0 Å². The third kappa shape index (κ3) is 3.93. The van der Waals surface area contributed by atoms with Gasteiger partial charge in [-0.1, -0.05) is 60.7 Å². The van der Waals surface area contributed by atoms with Crippen molar-refractivity contribution >= 4 is 27.5 Å². The summed E-state index contributed by atoms with van der Waals surface area (Å²) in [5.74, 6) is 0.893. The minimum Gasteiger partial charge on any atom is -0.467 e. The molecule has 0 aliphatic carbocycles. The van der Waals surface area contributed by atoms with Crippen LogP contribution in [0.5, 0.6) is 11.5 Å². The van der Waals surface area contributed by atoms with E-state index in [9.17, 15) is 4.79 Å². The van der Waals surface area contributed by atoms with E-state index in [1.54, 1.807) is 7.11 Å². The van der Waals surface area contributed by atoms with Crippen LogP contribution in [0.3, 0.4) is 0 Å². The molecule has 4 aromatic carbocycles. The van der Waals surface area contributed by atoms with E-state index in [1.807, 2.05) is 54.6 Å². The Morgan fingerprint density at radius 2 is 1.20 bits per heavy atom. The van der Waals surface area contributed by atoms with E-state index in [0.717, 1.165) is 32.7 Å². The van der Waals surface area contributed by atoms with Gasteiger partial charge in [-0.3, -0.25) is 4.79 Å². The van der Waals surface area contributed by atoms with Gasteiger partial charge in [0.05, 0.1) is 0 Å². The Balaban J connectivity index is 1.99. The first-order valence-corrected chi connectivity index (χ1v) is 9.61. The first-order valence-electron chi connectivity index (χ1n) is 9.61. The number of hydrogen-bond donors (Lipinski definition) is 0. The van der Waals surface area contributed by atoms with Crippen molar-refractivity contribution in [1.29, 1.82) is 0 Å². The molecule has 152 valence electrons. The summed E-state index contributed by atoms with van der Waals surface area (Å²) in [6.07, 6.45) is 0. The van der Waals surface area contributed by atoms with Gasteiger partial charge in [0.1, 0.15) is 11.5 Å². The predicted molar refractivity (Wildman–Crippen MR) is 117 cm³/mol. The summed E-state index contributed by atoms with van der Waals surface area (Å²) < 4.78 is 22.0. The molecule has 4 rings (SSSR count). The fourth-order valence-corrected chi connectivity index (χ4v) is 3.56. The van der Waals surface area contributed by atoms with Crippen molar-refractivity contribution in [2.75, 3.05) is 20.7 Å². The molecular weight excluding hydrogens is 380 g/mol. The third-order valence-corrected chi connectivity index (χ3v) is 4.84. The molecule has 0 bridgehead atoms. The van der Waals surface area contributed by atoms with Crippen LogP contribution in [0.1, 0.15) is 6.92 Å². The monoisotopic (exact) mass is 402 g/mol. The first kappa shape index (κ1) is 19.7. The third-order valence-electron chi connectivity index (χ3n) is 4.84. The van der Waals surface area contributed by atoms with Crippen molar-refractivity contribution in [2.24, 2.45) is 0 Å². The van der Waals surface area contributed by atoms with Gasteiger partial charge in [0.25, 0.3) is 0 Å². The van der Waals surface area contributed by atoms with Gasteiger partial charge in [0.2, 0.25) is 6.79 Å². The first-order chi connectivity index (χ1) is 14.7. The van der Waals surface area contributed by atoms with Crippen molar-refractivity contribution in [2.45, 2.75) is 6.92 Å². The summed E-state index contributed by atoms with van der Waals surface area (Å²) in [5, 5.41) is 4.19. The molecule has 0 fully saturated rings. The maximum absolute atomic E-state index is 11.2. The van der Waals surface area contributed by atoms with Crippen LogP contribution in [-0.4, -0.2) is 26.7 Å². The number of hydrogen-bond acceptors (Lipinski definition) is 5. The highest BCUT2D eigenvalue weighted by molar-refractivity contribution is 6.09. The molecule has 0 atom stereocenters. The lowest BCUT2D eigenvalue weighted by atomic mass is 9.92. The van der Waals surface area contributed by atoms with Crippen LogP contribution >= 0.6 is 0 Å². The Morgan fingerprint density at radius 1 is 0.700 bits per heavy atom. The Bertz CT molecular complexity index is 1200. The molecule has 30 heavy (non-hydrogen) atoms.